The Kier molecular flexibility index (Phi) is 7.22. The number of hydrogen-bond donors (Lipinski definition) is 2. The molecule has 5 rings (SSSR count). The average Bonchev–Trinajstić information content (AvgIpc) is 3.25. The summed E-state index contributed by atoms with van der Waals surface area (Å²) in [5, 5.41) is 9.96. The number of rotatable bonds is 7. The van der Waals surface area contributed by atoms with Crippen molar-refractivity contribution in [3.63, 3.8) is 0 Å². The van der Waals surface area contributed by atoms with Gasteiger partial charge in [0.1, 0.15) is 5.82 Å². The van der Waals surface area contributed by atoms with Gasteiger partial charge in [0.2, 0.25) is 0 Å². The SMILES string of the molecule is Cc1cc(Nc2nc(C[C@@H]3CCN(Cc4cccc(Cl)c4F)[C@H](C)C3)c(F)c(C3(C)COC3)c2F)n[nH]1. The van der Waals surface area contributed by atoms with Crippen LogP contribution in [0, 0.1) is 30.3 Å². The molecule has 3 aromatic rings. The number of aromatic nitrogens is 3. The van der Waals surface area contributed by atoms with E-state index in [4.69, 9.17) is 16.3 Å². The first-order valence-corrected chi connectivity index (χ1v) is 12.9. The van der Waals surface area contributed by atoms with Crippen LogP contribution in [0.5, 0.6) is 0 Å². The predicted octanol–water partition coefficient (Wildman–Crippen LogP) is 6.06. The van der Waals surface area contributed by atoms with Crippen molar-refractivity contribution >= 4 is 23.2 Å². The van der Waals surface area contributed by atoms with Gasteiger partial charge in [0.15, 0.2) is 23.3 Å². The summed E-state index contributed by atoms with van der Waals surface area (Å²) < 4.78 is 51.1. The average molecular weight is 534 g/mol. The largest absolute Gasteiger partial charge is 0.379 e. The molecule has 2 atom stereocenters. The van der Waals surface area contributed by atoms with Gasteiger partial charge >= 0.3 is 0 Å². The van der Waals surface area contributed by atoms with Gasteiger partial charge in [-0.1, -0.05) is 30.7 Å². The third-order valence-corrected chi connectivity index (χ3v) is 7.85. The first-order chi connectivity index (χ1) is 17.6. The zero-order valence-corrected chi connectivity index (χ0v) is 21.9. The molecule has 0 radical (unpaired) electrons. The highest BCUT2D eigenvalue weighted by Gasteiger charge is 2.42. The molecule has 198 valence electrons. The fourth-order valence-electron chi connectivity index (χ4n) is 5.40. The number of aryl methyl sites for hydroxylation is 1. The van der Waals surface area contributed by atoms with E-state index in [1.54, 1.807) is 31.2 Å². The van der Waals surface area contributed by atoms with Crippen LogP contribution >= 0.6 is 11.6 Å². The molecule has 10 heteroatoms. The number of nitrogens with one attached hydrogen (secondary N) is 2. The summed E-state index contributed by atoms with van der Waals surface area (Å²) in [5.41, 5.74) is 0.880. The number of likely N-dealkylation sites (tertiary alicyclic amines) is 1. The summed E-state index contributed by atoms with van der Waals surface area (Å²) in [5.74, 6) is -1.15. The van der Waals surface area contributed by atoms with E-state index in [0.717, 1.165) is 25.1 Å². The lowest BCUT2D eigenvalue weighted by Crippen LogP contribution is -2.46. The smallest absolute Gasteiger partial charge is 0.172 e. The number of ether oxygens (including phenoxy) is 1. The Labute approximate surface area is 219 Å². The topological polar surface area (TPSA) is 66.1 Å². The Bertz CT molecular complexity index is 1300. The monoisotopic (exact) mass is 533 g/mol. The minimum absolute atomic E-state index is 0.0143. The number of halogens is 4. The number of hydrogen-bond acceptors (Lipinski definition) is 5. The van der Waals surface area contributed by atoms with Crippen LogP contribution in [-0.2, 0) is 23.1 Å². The zero-order chi connectivity index (χ0) is 26.3. The van der Waals surface area contributed by atoms with E-state index in [2.05, 4.69) is 32.3 Å². The fraction of sp³-hybridized carbons (Fsp3) is 0.481. The van der Waals surface area contributed by atoms with Gasteiger partial charge in [-0.15, -0.1) is 0 Å². The maximum Gasteiger partial charge on any atom is 0.172 e. The van der Waals surface area contributed by atoms with Gasteiger partial charge < -0.3 is 10.1 Å². The number of anilines is 2. The van der Waals surface area contributed by atoms with Crippen molar-refractivity contribution in [2.75, 3.05) is 25.1 Å². The highest BCUT2D eigenvalue weighted by Crippen LogP contribution is 2.39. The van der Waals surface area contributed by atoms with Gasteiger partial charge in [0.25, 0.3) is 0 Å². The molecular formula is C27H31ClF3N5O. The molecule has 2 fully saturated rings. The molecule has 2 aliphatic heterocycles. The molecule has 0 amide bonds. The zero-order valence-electron chi connectivity index (χ0n) is 21.2. The van der Waals surface area contributed by atoms with Crippen LogP contribution < -0.4 is 5.32 Å². The molecule has 2 saturated heterocycles. The molecule has 0 unspecified atom stereocenters. The van der Waals surface area contributed by atoms with E-state index in [0.29, 0.717) is 24.3 Å². The van der Waals surface area contributed by atoms with Crippen LogP contribution in [0.1, 0.15) is 49.2 Å². The third-order valence-electron chi connectivity index (χ3n) is 7.55. The molecule has 6 nitrogen and oxygen atoms in total. The van der Waals surface area contributed by atoms with E-state index < -0.39 is 17.0 Å². The van der Waals surface area contributed by atoms with E-state index in [1.807, 2.05) is 6.92 Å². The fourth-order valence-corrected chi connectivity index (χ4v) is 5.59. The maximum atomic E-state index is 15.8. The highest BCUT2D eigenvalue weighted by molar-refractivity contribution is 6.30. The minimum atomic E-state index is -0.749. The van der Waals surface area contributed by atoms with Gasteiger partial charge in [-0.05, 0) is 51.6 Å². The lowest BCUT2D eigenvalue weighted by Gasteiger charge is -2.40. The van der Waals surface area contributed by atoms with Crippen molar-refractivity contribution < 1.29 is 17.9 Å². The normalized spacial score (nSPS) is 21.6. The molecule has 0 aliphatic carbocycles. The van der Waals surface area contributed by atoms with Gasteiger partial charge in [0.05, 0.1) is 23.9 Å². The van der Waals surface area contributed by atoms with Crippen LogP contribution in [0.2, 0.25) is 5.02 Å². The third kappa shape index (κ3) is 5.22. The number of nitrogens with zero attached hydrogens (tertiary/aromatic N) is 3. The lowest BCUT2D eigenvalue weighted by atomic mass is 9.79. The number of aromatic amines is 1. The van der Waals surface area contributed by atoms with Crippen molar-refractivity contribution in [1.29, 1.82) is 0 Å². The van der Waals surface area contributed by atoms with Gasteiger partial charge in [-0.3, -0.25) is 10.00 Å². The summed E-state index contributed by atoms with van der Waals surface area (Å²) in [6.45, 7) is 7.43. The molecule has 37 heavy (non-hydrogen) atoms. The summed E-state index contributed by atoms with van der Waals surface area (Å²) in [7, 11) is 0. The number of H-pyrrole nitrogens is 1. The summed E-state index contributed by atoms with van der Waals surface area (Å²) >= 11 is 5.95. The van der Waals surface area contributed by atoms with Crippen LogP contribution in [0.3, 0.4) is 0 Å². The number of pyridine rings is 1. The van der Waals surface area contributed by atoms with Crippen molar-refractivity contribution in [3.8, 4) is 0 Å². The first kappa shape index (κ1) is 26.0. The van der Waals surface area contributed by atoms with Crippen LogP contribution in [0.25, 0.3) is 0 Å². The molecule has 2 aliphatic rings. The standard InChI is InChI=1S/C27H31ClF3N5O/c1-15-9-21(35-34-15)33-26-25(31)22(27(3)13-37-14-27)24(30)20(32-26)11-17-7-8-36(16(2)10-17)12-18-5-4-6-19(28)23(18)29/h4-6,9,16-17H,7-8,10-14H2,1-3H3,(H2,32,33,34,35)/t16-,17-/m1/s1. The van der Waals surface area contributed by atoms with Gasteiger partial charge in [-0.2, -0.15) is 5.10 Å². The number of benzene rings is 1. The Hall–Kier alpha value is -2.62. The Morgan fingerprint density at radius 3 is 2.65 bits per heavy atom. The lowest BCUT2D eigenvalue weighted by molar-refractivity contribution is -0.0533. The first-order valence-electron chi connectivity index (χ1n) is 12.6. The summed E-state index contributed by atoms with van der Waals surface area (Å²) in [6.07, 6.45) is 1.97. The van der Waals surface area contributed by atoms with E-state index in [-0.39, 0.29) is 53.1 Å². The van der Waals surface area contributed by atoms with Crippen LogP contribution in [0.4, 0.5) is 24.8 Å². The highest BCUT2D eigenvalue weighted by atomic mass is 35.5. The quantitative estimate of drug-likeness (QED) is 0.386. The van der Waals surface area contributed by atoms with E-state index in [1.165, 1.54) is 0 Å². The molecule has 2 N–H and O–H groups in total. The molecule has 0 bridgehead atoms. The van der Waals surface area contributed by atoms with Crippen molar-refractivity contribution in [2.24, 2.45) is 5.92 Å². The Morgan fingerprint density at radius 2 is 2.00 bits per heavy atom. The molecule has 0 saturated carbocycles. The van der Waals surface area contributed by atoms with Crippen molar-refractivity contribution in [2.45, 2.75) is 58.0 Å². The van der Waals surface area contributed by atoms with Gasteiger partial charge in [0, 0.05) is 40.9 Å². The summed E-state index contributed by atoms with van der Waals surface area (Å²) in [4.78, 5) is 6.62. The van der Waals surface area contributed by atoms with Gasteiger partial charge in [-0.25, -0.2) is 18.2 Å². The molecule has 0 spiro atoms. The number of piperidine rings is 1. The van der Waals surface area contributed by atoms with E-state index >= 15 is 8.78 Å². The molecular weight excluding hydrogens is 503 g/mol. The predicted molar refractivity (Wildman–Crippen MR) is 137 cm³/mol. The second-order valence-corrected chi connectivity index (χ2v) is 11.1. The summed E-state index contributed by atoms with van der Waals surface area (Å²) in [6, 6.07) is 6.93. The molecule has 4 heterocycles. The van der Waals surface area contributed by atoms with Crippen molar-refractivity contribution in [1.82, 2.24) is 20.1 Å². The minimum Gasteiger partial charge on any atom is -0.379 e. The molecule has 2 aromatic heterocycles. The van der Waals surface area contributed by atoms with Crippen molar-refractivity contribution in [3.05, 3.63) is 69.3 Å². The Morgan fingerprint density at radius 1 is 1.22 bits per heavy atom. The maximum absolute atomic E-state index is 15.8. The second kappa shape index (κ2) is 10.3. The van der Waals surface area contributed by atoms with E-state index in [9.17, 15) is 4.39 Å². The molecule has 1 aromatic carbocycles. The van der Waals surface area contributed by atoms with Crippen LogP contribution in [0.15, 0.2) is 24.3 Å². The van der Waals surface area contributed by atoms with Crippen LogP contribution in [-0.4, -0.2) is 45.9 Å². The second-order valence-electron chi connectivity index (χ2n) is 10.7. The Balaban J connectivity index is 1.36.